The predicted molar refractivity (Wildman–Crippen MR) is 73.2 cm³/mol. The van der Waals surface area contributed by atoms with E-state index in [1.54, 1.807) is 12.3 Å². The fourth-order valence-corrected chi connectivity index (χ4v) is 2.65. The molecule has 0 spiro atoms. The van der Waals surface area contributed by atoms with Gasteiger partial charge in [-0.2, -0.15) is 0 Å². The zero-order chi connectivity index (χ0) is 13.8. The average molecular weight is 277 g/mol. The maximum Gasteiger partial charge on any atom is 0.323 e. The van der Waals surface area contributed by atoms with Crippen molar-refractivity contribution in [3.63, 3.8) is 0 Å². The molecule has 1 aromatic heterocycles. The van der Waals surface area contributed by atoms with Crippen molar-refractivity contribution in [1.82, 2.24) is 9.88 Å². The predicted octanol–water partition coefficient (Wildman–Crippen LogP) is 1.70. The van der Waals surface area contributed by atoms with Crippen molar-refractivity contribution < 1.29 is 14.3 Å². The molecule has 2 aliphatic rings. The van der Waals surface area contributed by atoms with Gasteiger partial charge in [-0.25, -0.2) is 9.78 Å². The number of hydrogen-bond donors (Lipinski definition) is 1. The molecule has 2 amide bonds. The molecule has 0 atom stereocenters. The molecule has 0 unspecified atom stereocenters. The number of rotatable bonds is 2. The highest BCUT2D eigenvalue weighted by Gasteiger charge is 2.31. The number of amides is 2. The molecule has 6 nitrogen and oxygen atoms in total. The standard InChI is InChI=1S/C14H19N3O3/c18-14(16-12-3-1-2-6-15-12)17-7-4-11(5-8-17)13-19-9-10-20-13/h1-3,6,11,13H,4-5,7-10H2,(H,15,16,18). The number of pyridine rings is 1. The first-order valence-electron chi connectivity index (χ1n) is 7.03. The summed E-state index contributed by atoms with van der Waals surface area (Å²) in [4.78, 5) is 18.0. The summed E-state index contributed by atoms with van der Waals surface area (Å²) in [5, 5.41) is 2.81. The van der Waals surface area contributed by atoms with Crippen LogP contribution in [-0.4, -0.2) is 48.5 Å². The minimum absolute atomic E-state index is 0.0731. The Labute approximate surface area is 118 Å². The molecule has 0 radical (unpaired) electrons. The molecular formula is C14H19N3O3. The normalized spacial score (nSPS) is 21.1. The van der Waals surface area contributed by atoms with Crippen LogP contribution in [0.25, 0.3) is 0 Å². The van der Waals surface area contributed by atoms with Crippen LogP contribution in [0.2, 0.25) is 0 Å². The maximum absolute atomic E-state index is 12.1. The SMILES string of the molecule is O=C(Nc1ccccn1)N1CCC(C2OCCO2)CC1. The molecule has 2 saturated heterocycles. The minimum Gasteiger partial charge on any atom is -0.350 e. The van der Waals surface area contributed by atoms with Gasteiger partial charge in [-0.3, -0.25) is 5.32 Å². The van der Waals surface area contributed by atoms with E-state index in [9.17, 15) is 4.79 Å². The number of carbonyl (C=O) groups is 1. The van der Waals surface area contributed by atoms with Gasteiger partial charge in [0, 0.05) is 25.2 Å². The van der Waals surface area contributed by atoms with Gasteiger partial charge in [0.15, 0.2) is 6.29 Å². The van der Waals surface area contributed by atoms with Gasteiger partial charge in [-0.15, -0.1) is 0 Å². The molecular weight excluding hydrogens is 258 g/mol. The largest absolute Gasteiger partial charge is 0.350 e. The highest BCUT2D eigenvalue weighted by atomic mass is 16.7. The second-order valence-electron chi connectivity index (χ2n) is 5.08. The second-order valence-corrected chi connectivity index (χ2v) is 5.08. The van der Waals surface area contributed by atoms with E-state index in [4.69, 9.17) is 9.47 Å². The van der Waals surface area contributed by atoms with Gasteiger partial charge in [0.05, 0.1) is 13.2 Å². The summed E-state index contributed by atoms with van der Waals surface area (Å²) in [7, 11) is 0. The Morgan fingerprint density at radius 2 is 2.00 bits per heavy atom. The van der Waals surface area contributed by atoms with Crippen LogP contribution in [0.5, 0.6) is 0 Å². The fraction of sp³-hybridized carbons (Fsp3) is 0.571. The topological polar surface area (TPSA) is 63.7 Å². The van der Waals surface area contributed by atoms with Gasteiger partial charge in [0.2, 0.25) is 0 Å². The minimum atomic E-state index is -0.0876. The number of ether oxygens (including phenoxy) is 2. The molecule has 1 aromatic rings. The van der Waals surface area contributed by atoms with Crippen LogP contribution in [0.15, 0.2) is 24.4 Å². The van der Waals surface area contributed by atoms with Gasteiger partial charge in [-0.05, 0) is 25.0 Å². The van der Waals surface area contributed by atoms with Crippen LogP contribution >= 0.6 is 0 Å². The zero-order valence-corrected chi connectivity index (χ0v) is 11.3. The lowest BCUT2D eigenvalue weighted by Gasteiger charge is -2.33. The number of anilines is 1. The van der Waals surface area contributed by atoms with Crippen molar-refractivity contribution in [3.8, 4) is 0 Å². The Bertz CT molecular complexity index is 440. The molecule has 20 heavy (non-hydrogen) atoms. The zero-order valence-electron chi connectivity index (χ0n) is 11.3. The molecule has 2 aliphatic heterocycles. The van der Waals surface area contributed by atoms with E-state index in [0.29, 0.717) is 24.9 Å². The van der Waals surface area contributed by atoms with Crippen molar-refractivity contribution in [3.05, 3.63) is 24.4 Å². The summed E-state index contributed by atoms with van der Waals surface area (Å²) in [5.41, 5.74) is 0. The number of urea groups is 1. The quantitative estimate of drug-likeness (QED) is 0.893. The Morgan fingerprint density at radius 3 is 2.65 bits per heavy atom. The monoisotopic (exact) mass is 277 g/mol. The number of piperidine rings is 1. The molecule has 0 saturated carbocycles. The number of hydrogen-bond acceptors (Lipinski definition) is 4. The molecule has 0 bridgehead atoms. The summed E-state index contributed by atoms with van der Waals surface area (Å²) < 4.78 is 11.1. The van der Waals surface area contributed by atoms with Crippen LogP contribution in [0.1, 0.15) is 12.8 Å². The fourth-order valence-electron chi connectivity index (χ4n) is 2.65. The molecule has 1 N–H and O–H groups in total. The number of nitrogens with one attached hydrogen (secondary N) is 1. The highest BCUT2D eigenvalue weighted by Crippen LogP contribution is 2.25. The maximum atomic E-state index is 12.1. The van der Waals surface area contributed by atoms with E-state index in [-0.39, 0.29) is 12.3 Å². The van der Waals surface area contributed by atoms with Gasteiger partial charge in [0.1, 0.15) is 5.82 Å². The highest BCUT2D eigenvalue weighted by molar-refractivity contribution is 5.88. The van der Waals surface area contributed by atoms with Crippen molar-refractivity contribution >= 4 is 11.8 Å². The van der Waals surface area contributed by atoms with E-state index < -0.39 is 0 Å². The Balaban J connectivity index is 1.49. The van der Waals surface area contributed by atoms with Crippen LogP contribution in [0, 0.1) is 5.92 Å². The second kappa shape index (κ2) is 6.19. The Kier molecular flexibility index (Phi) is 4.13. The van der Waals surface area contributed by atoms with Crippen LogP contribution in [0.4, 0.5) is 10.6 Å². The van der Waals surface area contributed by atoms with Gasteiger partial charge >= 0.3 is 6.03 Å². The number of aromatic nitrogens is 1. The van der Waals surface area contributed by atoms with Gasteiger partial charge < -0.3 is 14.4 Å². The summed E-state index contributed by atoms with van der Waals surface area (Å²) in [6.07, 6.45) is 3.42. The van der Waals surface area contributed by atoms with Crippen molar-refractivity contribution in [2.45, 2.75) is 19.1 Å². The summed E-state index contributed by atoms with van der Waals surface area (Å²) in [6, 6.07) is 5.37. The first-order chi connectivity index (χ1) is 9.83. The third-order valence-corrected chi connectivity index (χ3v) is 3.76. The van der Waals surface area contributed by atoms with Crippen LogP contribution < -0.4 is 5.32 Å². The lowest BCUT2D eigenvalue weighted by Crippen LogP contribution is -2.43. The molecule has 0 aromatic carbocycles. The first kappa shape index (κ1) is 13.3. The summed E-state index contributed by atoms with van der Waals surface area (Å²) >= 11 is 0. The number of likely N-dealkylation sites (tertiary alicyclic amines) is 1. The molecule has 0 aliphatic carbocycles. The number of carbonyl (C=O) groups excluding carboxylic acids is 1. The van der Waals surface area contributed by atoms with Gasteiger partial charge in [-0.1, -0.05) is 6.07 Å². The summed E-state index contributed by atoms with van der Waals surface area (Å²) in [5.74, 6) is 0.985. The number of nitrogens with zero attached hydrogens (tertiary/aromatic N) is 2. The van der Waals surface area contributed by atoms with Crippen molar-refractivity contribution in [2.24, 2.45) is 5.92 Å². The molecule has 3 heterocycles. The van der Waals surface area contributed by atoms with E-state index in [1.807, 2.05) is 17.0 Å². The first-order valence-corrected chi connectivity index (χ1v) is 7.03. The average Bonchev–Trinajstić information content (AvgIpc) is 3.03. The van der Waals surface area contributed by atoms with E-state index in [0.717, 1.165) is 25.9 Å². The smallest absolute Gasteiger partial charge is 0.323 e. The van der Waals surface area contributed by atoms with E-state index >= 15 is 0 Å². The lowest BCUT2D eigenvalue weighted by atomic mass is 9.96. The Hall–Kier alpha value is -1.66. The van der Waals surface area contributed by atoms with Crippen LogP contribution in [-0.2, 0) is 9.47 Å². The van der Waals surface area contributed by atoms with Crippen LogP contribution in [0.3, 0.4) is 0 Å². The van der Waals surface area contributed by atoms with Crippen molar-refractivity contribution in [1.29, 1.82) is 0 Å². The molecule has 6 heteroatoms. The third-order valence-electron chi connectivity index (χ3n) is 3.76. The van der Waals surface area contributed by atoms with Crippen molar-refractivity contribution in [2.75, 3.05) is 31.6 Å². The van der Waals surface area contributed by atoms with E-state index in [1.165, 1.54) is 0 Å². The molecule has 108 valence electrons. The van der Waals surface area contributed by atoms with E-state index in [2.05, 4.69) is 10.3 Å². The lowest BCUT2D eigenvalue weighted by molar-refractivity contribution is -0.0950. The molecule has 3 rings (SSSR count). The summed E-state index contributed by atoms with van der Waals surface area (Å²) in [6.45, 7) is 2.83. The third kappa shape index (κ3) is 3.08. The van der Waals surface area contributed by atoms with Gasteiger partial charge in [0.25, 0.3) is 0 Å². The molecule has 2 fully saturated rings. The Morgan fingerprint density at radius 1 is 1.25 bits per heavy atom.